The molecule has 0 bridgehead atoms. The van der Waals surface area contributed by atoms with Crippen molar-refractivity contribution in [2.75, 3.05) is 10.8 Å². The lowest BCUT2D eigenvalue weighted by Crippen LogP contribution is -2.53. The maximum absolute atomic E-state index is 14.7. The molecule has 1 atom stereocenters. The molecule has 218 valence electrons. The van der Waals surface area contributed by atoms with E-state index in [1.165, 1.54) is 23.1 Å². The van der Waals surface area contributed by atoms with E-state index in [9.17, 15) is 22.4 Å². The summed E-state index contributed by atoms with van der Waals surface area (Å²) >= 11 is 0. The van der Waals surface area contributed by atoms with Crippen LogP contribution in [0.5, 0.6) is 0 Å². The van der Waals surface area contributed by atoms with Gasteiger partial charge in [-0.3, -0.25) is 13.9 Å². The first-order valence-electron chi connectivity index (χ1n) is 14.1. The van der Waals surface area contributed by atoms with Gasteiger partial charge < -0.3 is 10.2 Å². The van der Waals surface area contributed by atoms with Crippen LogP contribution in [0.1, 0.15) is 55.7 Å². The summed E-state index contributed by atoms with van der Waals surface area (Å²) in [6, 6.07) is 18.5. The van der Waals surface area contributed by atoms with Crippen molar-refractivity contribution in [2.24, 2.45) is 0 Å². The number of anilines is 1. The molecule has 0 unspecified atom stereocenters. The SMILES string of the molecule is Cc1ccc(S(=O)(=O)N(CC(=O)N(Cc2ccccc2F)[C@@H](C)C(=O)NC2CCCCC2)c2ccccc2C)cc1. The van der Waals surface area contributed by atoms with Crippen molar-refractivity contribution in [2.45, 2.75) is 76.4 Å². The number of carbonyl (C=O) groups is 2. The fourth-order valence-electron chi connectivity index (χ4n) is 5.16. The Morgan fingerprint density at radius 2 is 1.56 bits per heavy atom. The number of nitrogens with one attached hydrogen (secondary N) is 1. The molecule has 0 aromatic heterocycles. The zero-order valence-electron chi connectivity index (χ0n) is 23.8. The average Bonchev–Trinajstić information content (AvgIpc) is 2.96. The van der Waals surface area contributed by atoms with Gasteiger partial charge in [0.1, 0.15) is 18.4 Å². The molecule has 9 heteroatoms. The Labute approximate surface area is 242 Å². The highest BCUT2D eigenvalue weighted by molar-refractivity contribution is 7.92. The number of amides is 2. The molecule has 2 amide bonds. The molecule has 1 fully saturated rings. The van der Waals surface area contributed by atoms with Gasteiger partial charge in [-0.25, -0.2) is 12.8 Å². The van der Waals surface area contributed by atoms with Gasteiger partial charge in [-0.15, -0.1) is 0 Å². The van der Waals surface area contributed by atoms with Crippen LogP contribution in [-0.2, 0) is 26.2 Å². The molecule has 7 nitrogen and oxygen atoms in total. The predicted molar refractivity (Wildman–Crippen MR) is 158 cm³/mol. The van der Waals surface area contributed by atoms with Gasteiger partial charge in [0, 0.05) is 18.2 Å². The van der Waals surface area contributed by atoms with E-state index in [0.717, 1.165) is 42.0 Å². The third-order valence-electron chi connectivity index (χ3n) is 7.69. The Bertz CT molecular complexity index is 1470. The molecule has 0 saturated heterocycles. The Kier molecular flexibility index (Phi) is 9.81. The average molecular weight is 580 g/mol. The van der Waals surface area contributed by atoms with Crippen LogP contribution in [0.3, 0.4) is 0 Å². The molecule has 0 aliphatic heterocycles. The minimum atomic E-state index is -4.16. The number of nitrogens with zero attached hydrogens (tertiary/aromatic N) is 2. The first-order chi connectivity index (χ1) is 19.6. The van der Waals surface area contributed by atoms with Crippen LogP contribution in [0.25, 0.3) is 0 Å². The van der Waals surface area contributed by atoms with E-state index in [0.29, 0.717) is 11.3 Å². The number of aryl methyl sites for hydroxylation is 2. The van der Waals surface area contributed by atoms with E-state index in [4.69, 9.17) is 0 Å². The molecule has 0 spiro atoms. The fourth-order valence-corrected chi connectivity index (χ4v) is 6.63. The normalized spacial score (nSPS) is 14.7. The topological polar surface area (TPSA) is 86.8 Å². The van der Waals surface area contributed by atoms with Gasteiger partial charge in [-0.05, 0) is 63.4 Å². The zero-order valence-corrected chi connectivity index (χ0v) is 24.7. The summed E-state index contributed by atoms with van der Waals surface area (Å²) in [4.78, 5) is 28.7. The number of hydrogen-bond donors (Lipinski definition) is 1. The largest absolute Gasteiger partial charge is 0.352 e. The Morgan fingerprint density at radius 3 is 2.22 bits per heavy atom. The van der Waals surface area contributed by atoms with Crippen LogP contribution in [0, 0.1) is 19.7 Å². The summed E-state index contributed by atoms with van der Waals surface area (Å²) in [5.41, 5.74) is 2.16. The molecule has 1 aliphatic carbocycles. The fraction of sp³-hybridized carbons (Fsp3) is 0.375. The number of carbonyl (C=O) groups excluding carboxylic acids is 2. The predicted octanol–water partition coefficient (Wildman–Crippen LogP) is 5.50. The monoisotopic (exact) mass is 579 g/mol. The maximum Gasteiger partial charge on any atom is 0.264 e. The van der Waals surface area contributed by atoms with E-state index in [-0.39, 0.29) is 29.0 Å². The van der Waals surface area contributed by atoms with Gasteiger partial charge in [-0.1, -0.05) is 73.4 Å². The number of sulfonamides is 1. The zero-order chi connectivity index (χ0) is 29.6. The van der Waals surface area contributed by atoms with Gasteiger partial charge in [0.05, 0.1) is 10.6 Å². The van der Waals surface area contributed by atoms with Gasteiger partial charge >= 0.3 is 0 Å². The highest BCUT2D eigenvalue weighted by atomic mass is 32.2. The maximum atomic E-state index is 14.7. The molecule has 1 saturated carbocycles. The molecule has 0 heterocycles. The van der Waals surface area contributed by atoms with Crippen molar-refractivity contribution in [1.82, 2.24) is 10.2 Å². The standard InChI is InChI=1S/C32H38FN3O4S/c1-23-17-19-28(20-18-23)41(39,40)36(30-16-10-7-11-24(30)2)22-31(37)35(21-26-12-8-9-15-29(26)33)25(3)32(38)34-27-13-5-4-6-14-27/h7-12,15-20,25,27H,4-6,13-14,21-22H2,1-3H3,(H,34,38)/t25-/m0/s1. The van der Waals surface area contributed by atoms with Crippen LogP contribution < -0.4 is 9.62 Å². The second-order valence-corrected chi connectivity index (χ2v) is 12.6. The van der Waals surface area contributed by atoms with Crippen molar-refractivity contribution >= 4 is 27.5 Å². The lowest BCUT2D eigenvalue weighted by Gasteiger charge is -2.33. The molecule has 3 aromatic rings. The van der Waals surface area contributed by atoms with Crippen LogP contribution >= 0.6 is 0 Å². The second-order valence-electron chi connectivity index (χ2n) is 10.7. The molecular weight excluding hydrogens is 541 g/mol. The number of hydrogen-bond acceptors (Lipinski definition) is 4. The van der Waals surface area contributed by atoms with E-state index < -0.39 is 34.3 Å². The first kappa shape index (κ1) is 30.2. The molecule has 41 heavy (non-hydrogen) atoms. The molecule has 4 rings (SSSR count). The molecular formula is C32H38FN3O4S. The van der Waals surface area contributed by atoms with Crippen molar-refractivity contribution in [3.05, 3.63) is 95.3 Å². The van der Waals surface area contributed by atoms with Crippen LogP contribution in [0.2, 0.25) is 0 Å². The van der Waals surface area contributed by atoms with Gasteiger partial charge in [-0.2, -0.15) is 0 Å². The van der Waals surface area contributed by atoms with Crippen LogP contribution in [0.4, 0.5) is 10.1 Å². The number of benzene rings is 3. The Balaban J connectivity index is 1.69. The highest BCUT2D eigenvalue weighted by Crippen LogP contribution is 2.28. The summed E-state index contributed by atoms with van der Waals surface area (Å²) in [6.07, 6.45) is 4.92. The molecule has 0 radical (unpaired) electrons. The van der Waals surface area contributed by atoms with Crippen molar-refractivity contribution in [1.29, 1.82) is 0 Å². The van der Waals surface area contributed by atoms with Gasteiger partial charge in [0.2, 0.25) is 11.8 Å². The van der Waals surface area contributed by atoms with E-state index in [1.807, 2.05) is 6.92 Å². The summed E-state index contributed by atoms with van der Waals surface area (Å²) in [5, 5.41) is 3.05. The summed E-state index contributed by atoms with van der Waals surface area (Å²) in [5.74, 6) is -1.46. The third-order valence-corrected chi connectivity index (χ3v) is 9.46. The second kappa shape index (κ2) is 13.3. The number of halogens is 1. The summed E-state index contributed by atoms with van der Waals surface area (Å²) in [7, 11) is -4.16. The highest BCUT2D eigenvalue weighted by Gasteiger charge is 2.34. The Morgan fingerprint density at radius 1 is 0.927 bits per heavy atom. The third kappa shape index (κ3) is 7.33. The number of rotatable bonds is 10. The van der Waals surface area contributed by atoms with Crippen molar-refractivity contribution < 1.29 is 22.4 Å². The smallest absolute Gasteiger partial charge is 0.264 e. The quantitative estimate of drug-likeness (QED) is 0.344. The van der Waals surface area contributed by atoms with Crippen LogP contribution in [0.15, 0.2) is 77.7 Å². The van der Waals surface area contributed by atoms with E-state index in [2.05, 4.69) is 5.32 Å². The minimum absolute atomic E-state index is 0.0227. The summed E-state index contributed by atoms with van der Waals surface area (Å²) in [6.45, 7) is 4.49. The Hall–Kier alpha value is -3.72. The van der Waals surface area contributed by atoms with Gasteiger partial charge in [0.25, 0.3) is 10.0 Å². The lowest BCUT2D eigenvalue weighted by atomic mass is 9.95. The van der Waals surface area contributed by atoms with E-state index >= 15 is 0 Å². The molecule has 1 aliphatic rings. The minimum Gasteiger partial charge on any atom is -0.352 e. The molecule has 3 aromatic carbocycles. The van der Waals surface area contributed by atoms with E-state index in [1.54, 1.807) is 68.4 Å². The van der Waals surface area contributed by atoms with Gasteiger partial charge in [0.15, 0.2) is 0 Å². The van der Waals surface area contributed by atoms with Crippen molar-refractivity contribution in [3.8, 4) is 0 Å². The molecule has 1 N–H and O–H groups in total. The summed E-state index contributed by atoms with van der Waals surface area (Å²) < 4.78 is 43.7. The first-order valence-corrected chi connectivity index (χ1v) is 15.5. The lowest BCUT2D eigenvalue weighted by molar-refractivity contribution is -0.139. The number of para-hydroxylation sites is 1. The van der Waals surface area contributed by atoms with Crippen molar-refractivity contribution in [3.63, 3.8) is 0 Å². The van der Waals surface area contributed by atoms with Crippen LogP contribution in [-0.4, -0.2) is 43.8 Å².